The Morgan fingerprint density at radius 3 is 2.53 bits per heavy atom. The van der Waals surface area contributed by atoms with Gasteiger partial charge >= 0.3 is 5.97 Å². The van der Waals surface area contributed by atoms with E-state index in [2.05, 4.69) is 0 Å². The van der Waals surface area contributed by atoms with Gasteiger partial charge in [0.1, 0.15) is 0 Å². The number of carbonyl (C=O) groups excluding carboxylic acids is 2. The van der Waals surface area contributed by atoms with Gasteiger partial charge in [-0.05, 0) is 18.4 Å². The number of ketones is 1. The molecule has 6 heteroatoms. The number of amides is 1. The van der Waals surface area contributed by atoms with Crippen molar-refractivity contribution in [3.05, 3.63) is 22.4 Å². The quantitative estimate of drug-likeness (QED) is 0.741. The molecular formula is C13H17NO4S. The maximum absolute atomic E-state index is 11.8. The van der Waals surface area contributed by atoms with Crippen LogP contribution in [0.15, 0.2) is 17.5 Å². The molecule has 0 fully saturated rings. The average molecular weight is 283 g/mol. The maximum atomic E-state index is 11.8. The minimum Gasteiger partial charge on any atom is -0.481 e. The highest BCUT2D eigenvalue weighted by Gasteiger charge is 2.15. The van der Waals surface area contributed by atoms with Crippen molar-refractivity contribution >= 4 is 29.0 Å². The summed E-state index contributed by atoms with van der Waals surface area (Å²) in [4.78, 5) is 36.2. The SMILES string of the molecule is CCN(CCC(=O)O)C(=O)CCC(=O)c1cccs1. The van der Waals surface area contributed by atoms with Gasteiger partial charge in [-0.15, -0.1) is 11.3 Å². The molecule has 0 aromatic carbocycles. The summed E-state index contributed by atoms with van der Waals surface area (Å²) in [5.41, 5.74) is 0. The van der Waals surface area contributed by atoms with Crippen LogP contribution in [0, 0.1) is 0 Å². The summed E-state index contributed by atoms with van der Waals surface area (Å²) in [7, 11) is 0. The van der Waals surface area contributed by atoms with E-state index in [-0.39, 0.29) is 37.5 Å². The third kappa shape index (κ3) is 5.21. The van der Waals surface area contributed by atoms with Gasteiger partial charge in [0.2, 0.25) is 5.91 Å². The number of Topliss-reactive ketones (excluding diaryl/α,β-unsaturated/α-hetero) is 1. The van der Waals surface area contributed by atoms with E-state index in [9.17, 15) is 14.4 Å². The predicted molar refractivity (Wildman–Crippen MR) is 72.4 cm³/mol. The summed E-state index contributed by atoms with van der Waals surface area (Å²) in [6.45, 7) is 2.44. The standard InChI is InChI=1S/C13H17NO4S/c1-2-14(8-7-13(17)18)12(16)6-5-10(15)11-4-3-9-19-11/h3-4,9H,2,5-8H2,1H3,(H,17,18). The number of carboxylic acids is 1. The van der Waals surface area contributed by atoms with Crippen molar-refractivity contribution in [2.45, 2.75) is 26.2 Å². The van der Waals surface area contributed by atoms with Crippen LogP contribution >= 0.6 is 11.3 Å². The van der Waals surface area contributed by atoms with E-state index >= 15 is 0 Å². The number of aliphatic carboxylic acids is 1. The summed E-state index contributed by atoms with van der Waals surface area (Å²) >= 11 is 1.36. The van der Waals surface area contributed by atoms with Crippen molar-refractivity contribution < 1.29 is 19.5 Å². The first-order valence-corrected chi connectivity index (χ1v) is 6.98. The zero-order valence-electron chi connectivity index (χ0n) is 10.8. The van der Waals surface area contributed by atoms with Gasteiger partial charge in [0.15, 0.2) is 5.78 Å². The van der Waals surface area contributed by atoms with E-state index in [1.54, 1.807) is 19.1 Å². The first-order valence-electron chi connectivity index (χ1n) is 6.10. The number of nitrogens with zero attached hydrogens (tertiary/aromatic N) is 1. The first kappa shape index (κ1) is 15.4. The lowest BCUT2D eigenvalue weighted by atomic mass is 10.1. The number of carbonyl (C=O) groups is 3. The fourth-order valence-corrected chi connectivity index (χ4v) is 2.32. The van der Waals surface area contributed by atoms with Crippen LogP contribution in [0.2, 0.25) is 0 Å². The van der Waals surface area contributed by atoms with Crippen molar-refractivity contribution in [3.8, 4) is 0 Å². The maximum Gasteiger partial charge on any atom is 0.305 e. The Hall–Kier alpha value is -1.69. The molecule has 0 atom stereocenters. The third-order valence-corrected chi connectivity index (χ3v) is 3.60. The van der Waals surface area contributed by atoms with Gasteiger partial charge in [-0.25, -0.2) is 0 Å². The zero-order valence-corrected chi connectivity index (χ0v) is 11.6. The first-order chi connectivity index (χ1) is 9.04. The second kappa shape index (κ2) is 7.68. The largest absolute Gasteiger partial charge is 0.481 e. The second-order valence-corrected chi connectivity index (χ2v) is 4.97. The molecule has 1 amide bonds. The molecule has 0 aliphatic carbocycles. The lowest BCUT2D eigenvalue weighted by Gasteiger charge is -2.19. The number of hydrogen-bond acceptors (Lipinski definition) is 4. The smallest absolute Gasteiger partial charge is 0.305 e. The van der Waals surface area contributed by atoms with Gasteiger partial charge < -0.3 is 10.0 Å². The van der Waals surface area contributed by atoms with Crippen molar-refractivity contribution in [2.24, 2.45) is 0 Å². The van der Waals surface area contributed by atoms with Crippen LogP contribution in [0.5, 0.6) is 0 Å². The average Bonchev–Trinajstić information content (AvgIpc) is 2.90. The lowest BCUT2D eigenvalue weighted by Crippen LogP contribution is -2.33. The van der Waals surface area contributed by atoms with Crippen LogP contribution in [0.4, 0.5) is 0 Å². The fourth-order valence-electron chi connectivity index (χ4n) is 1.63. The van der Waals surface area contributed by atoms with Gasteiger partial charge in [0, 0.05) is 25.9 Å². The van der Waals surface area contributed by atoms with E-state index in [0.29, 0.717) is 11.4 Å². The molecule has 0 radical (unpaired) electrons. The van der Waals surface area contributed by atoms with Crippen LogP contribution in [-0.4, -0.2) is 40.8 Å². The molecule has 0 bridgehead atoms. The lowest BCUT2D eigenvalue weighted by molar-refractivity contribution is -0.138. The molecule has 1 rings (SSSR count). The molecule has 1 aromatic rings. The van der Waals surface area contributed by atoms with Crippen LogP contribution < -0.4 is 0 Å². The predicted octanol–water partition coefficient (Wildman–Crippen LogP) is 2.03. The van der Waals surface area contributed by atoms with Gasteiger partial charge in [-0.1, -0.05) is 6.07 Å². The number of carboxylic acid groups (broad SMARTS) is 1. The highest BCUT2D eigenvalue weighted by atomic mass is 32.1. The Kier molecular flexibility index (Phi) is 6.21. The van der Waals surface area contributed by atoms with Crippen molar-refractivity contribution in [2.75, 3.05) is 13.1 Å². The van der Waals surface area contributed by atoms with Crippen LogP contribution in [0.25, 0.3) is 0 Å². The highest BCUT2D eigenvalue weighted by molar-refractivity contribution is 7.12. The van der Waals surface area contributed by atoms with E-state index in [1.165, 1.54) is 16.2 Å². The van der Waals surface area contributed by atoms with Gasteiger partial charge in [-0.2, -0.15) is 0 Å². The van der Waals surface area contributed by atoms with Crippen molar-refractivity contribution in [1.29, 1.82) is 0 Å². The summed E-state index contributed by atoms with van der Waals surface area (Å²) in [5.74, 6) is -1.15. The Bertz CT molecular complexity index is 442. The monoisotopic (exact) mass is 283 g/mol. The molecule has 1 aromatic heterocycles. The molecule has 0 saturated heterocycles. The molecule has 19 heavy (non-hydrogen) atoms. The summed E-state index contributed by atoms with van der Waals surface area (Å²) in [6, 6.07) is 3.53. The van der Waals surface area contributed by atoms with Gasteiger partial charge in [-0.3, -0.25) is 14.4 Å². The Labute approximate surface area is 115 Å². The summed E-state index contributed by atoms with van der Waals surface area (Å²) in [5, 5.41) is 10.4. The second-order valence-electron chi connectivity index (χ2n) is 4.02. The third-order valence-electron chi connectivity index (χ3n) is 2.69. The van der Waals surface area contributed by atoms with E-state index in [4.69, 9.17) is 5.11 Å². The minimum absolute atomic E-state index is 0.0439. The summed E-state index contributed by atoms with van der Waals surface area (Å²) < 4.78 is 0. The molecule has 5 nitrogen and oxygen atoms in total. The van der Waals surface area contributed by atoms with E-state index in [0.717, 1.165) is 0 Å². The van der Waals surface area contributed by atoms with E-state index < -0.39 is 5.97 Å². The topological polar surface area (TPSA) is 74.7 Å². The summed E-state index contributed by atoms with van der Waals surface area (Å²) in [6.07, 6.45) is 0.228. The molecule has 0 aliphatic heterocycles. The molecule has 104 valence electrons. The molecule has 0 saturated carbocycles. The molecule has 1 heterocycles. The highest BCUT2D eigenvalue weighted by Crippen LogP contribution is 2.13. The van der Waals surface area contributed by atoms with Gasteiger partial charge in [0.05, 0.1) is 11.3 Å². The van der Waals surface area contributed by atoms with Crippen LogP contribution in [0.3, 0.4) is 0 Å². The molecule has 0 aliphatic rings. The molecule has 0 spiro atoms. The molecule has 1 N–H and O–H groups in total. The van der Waals surface area contributed by atoms with Crippen LogP contribution in [0.1, 0.15) is 35.9 Å². The van der Waals surface area contributed by atoms with Crippen LogP contribution in [-0.2, 0) is 9.59 Å². The molecule has 0 unspecified atom stereocenters. The molecular weight excluding hydrogens is 266 g/mol. The van der Waals surface area contributed by atoms with Crippen molar-refractivity contribution in [3.63, 3.8) is 0 Å². The Morgan fingerprint density at radius 2 is 2.00 bits per heavy atom. The fraction of sp³-hybridized carbons (Fsp3) is 0.462. The zero-order chi connectivity index (χ0) is 14.3. The van der Waals surface area contributed by atoms with E-state index in [1.807, 2.05) is 5.38 Å². The normalized spacial score (nSPS) is 10.2. The number of rotatable bonds is 8. The van der Waals surface area contributed by atoms with Crippen molar-refractivity contribution in [1.82, 2.24) is 4.90 Å². The number of thiophene rings is 1. The van der Waals surface area contributed by atoms with Gasteiger partial charge in [0.25, 0.3) is 0 Å². The minimum atomic E-state index is -0.930. The Morgan fingerprint density at radius 1 is 1.26 bits per heavy atom. The Balaban J connectivity index is 2.40. The number of hydrogen-bond donors (Lipinski definition) is 1.